The molecule has 1 atom stereocenters. The molecule has 1 aromatic carbocycles. The summed E-state index contributed by atoms with van der Waals surface area (Å²) in [4.78, 5) is 0. The van der Waals surface area contributed by atoms with Crippen molar-refractivity contribution in [3.05, 3.63) is 24.3 Å². The number of methoxy groups -OCH3 is 1. The maximum Gasteiger partial charge on any atom is 0.123 e. The normalized spacial score (nSPS) is 17.9. The van der Waals surface area contributed by atoms with Gasteiger partial charge in [-0.15, -0.1) is 0 Å². The predicted molar refractivity (Wildman–Crippen MR) is 83.9 cm³/mol. The molecule has 0 bridgehead atoms. The monoisotopic (exact) mass is 293 g/mol. The third kappa shape index (κ3) is 4.61. The Morgan fingerprint density at radius 3 is 2.71 bits per heavy atom. The highest BCUT2D eigenvalue weighted by molar-refractivity contribution is 5.32. The maximum absolute atomic E-state index is 9.98. The number of nitrogens with one attached hydrogen (secondary N) is 1. The van der Waals surface area contributed by atoms with Gasteiger partial charge in [-0.25, -0.2) is 0 Å². The van der Waals surface area contributed by atoms with Gasteiger partial charge in [-0.05, 0) is 36.8 Å². The van der Waals surface area contributed by atoms with Crippen LogP contribution in [0.2, 0.25) is 0 Å². The first-order valence-corrected chi connectivity index (χ1v) is 7.83. The van der Waals surface area contributed by atoms with Crippen molar-refractivity contribution >= 4 is 0 Å². The summed E-state index contributed by atoms with van der Waals surface area (Å²) < 4.78 is 10.7. The van der Waals surface area contributed by atoms with E-state index in [4.69, 9.17) is 9.47 Å². The van der Waals surface area contributed by atoms with E-state index in [9.17, 15) is 5.11 Å². The molecule has 2 N–H and O–H groups in total. The molecule has 1 saturated carbocycles. The van der Waals surface area contributed by atoms with Crippen molar-refractivity contribution in [1.29, 1.82) is 0 Å². The van der Waals surface area contributed by atoms with Crippen LogP contribution in [0, 0.1) is 5.41 Å². The zero-order valence-corrected chi connectivity index (χ0v) is 13.1. The molecule has 1 aliphatic rings. The Labute approximate surface area is 127 Å². The Hall–Kier alpha value is -1.26. The summed E-state index contributed by atoms with van der Waals surface area (Å²) in [7, 11) is 1.63. The van der Waals surface area contributed by atoms with Crippen LogP contribution < -0.4 is 14.8 Å². The lowest BCUT2D eigenvalue weighted by molar-refractivity contribution is 0.0869. The molecule has 0 aliphatic heterocycles. The summed E-state index contributed by atoms with van der Waals surface area (Å²) >= 11 is 0. The number of rotatable bonds is 9. The van der Waals surface area contributed by atoms with Crippen LogP contribution in [-0.4, -0.2) is 38.0 Å². The Balaban J connectivity index is 1.66. The number of benzene rings is 1. The number of aliphatic hydroxyl groups excluding tert-OH is 1. The molecule has 0 radical (unpaired) electrons. The quantitative estimate of drug-likeness (QED) is 0.735. The molecule has 0 spiro atoms. The van der Waals surface area contributed by atoms with Crippen molar-refractivity contribution in [2.45, 2.75) is 38.7 Å². The van der Waals surface area contributed by atoms with E-state index in [-0.39, 0.29) is 0 Å². The lowest BCUT2D eigenvalue weighted by Crippen LogP contribution is -2.42. The molecule has 4 nitrogen and oxygen atoms in total. The Bertz CT molecular complexity index is 426. The highest BCUT2D eigenvalue weighted by Gasteiger charge is 2.34. The second kappa shape index (κ2) is 7.66. The Kier molecular flexibility index (Phi) is 5.88. The van der Waals surface area contributed by atoms with Crippen molar-refractivity contribution in [2.75, 3.05) is 26.8 Å². The molecule has 1 unspecified atom stereocenters. The molecule has 1 aliphatic carbocycles. The van der Waals surface area contributed by atoms with Gasteiger partial charge in [-0.1, -0.05) is 19.4 Å². The molecule has 0 saturated heterocycles. The fraction of sp³-hybridized carbons (Fsp3) is 0.647. The van der Waals surface area contributed by atoms with E-state index in [1.807, 2.05) is 24.3 Å². The van der Waals surface area contributed by atoms with Crippen molar-refractivity contribution in [1.82, 2.24) is 5.32 Å². The van der Waals surface area contributed by atoms with Gasteiger partial charge in [0.1, 0.15) is 24.2 Å². The number of ether oxygens (including phenoxy) is 2. The van der Waals surface area contributed by atoms with Crippen molar-refractivity contribution in [2.24, 2.45) is 5.41 Å². The van der Waals surface area contributed by atoms with E-state index in [0.717, 1.165) is 18.0 Å². The van der Waals surface area contributed by atoms with E-state index in [0.29, 0.717) is 18.6 Å². The van der Waals surface area contributed by atoms with Gasteiger partial charge in [-0.3, -0.25) is 0 Å². The summed E-state index contributed by atoms with van der Waals surface area (Å²) in [6.07, 6.45) is 4.69. The van der Waals surface area contributed by atoms with Crippen LogP contribution in [0.1, 0.15) is 32.6 Å². The second-order valence-corrected chi connectivity index (χ2v) is 5.98. The van der Waals surface area contributed by atoms with Crippen molar-refractivity contribution < 1.29 is 14.6 Å². The molecular formula is C17H27NO3. The van der Waals surface area contributed by atoms with Gasteiger partial charge < -0.3 is 19.9 Å². The molecule has 0 aromatic heterocycles. The van der Waals surface area contributed by atoms with Gasteiger partial charge in [0.25, 0.3) is 0 Å². The first-order valence-electron chi connectivity index (χ1n) is 7.83. The lowest BCUT2D eigenvalue weighted by Gasteiger charge is -2.41. The van der Waals surface area contributed by atoms with Crippen LogP contribution in [-0.2, 0) is 0 Å². The average molecular weight is 293 g/mol. The van der Waals surface area contributed by atoms with Crippen molar-refractivity contribution in [3.8, 4) is 11.5 Å². The van der Waals surface area contributed by atoms with Gasteiger partial charge in [0.05, 0.1) is 7.11 Å². The van der Waals surface area contributed by atoms with Crippen LogP contribution in [0.5, 0.6) is 11.5 Å². The predicted octanol–water partition coefficient (Wildman–Crippen LogP) is 2.60. The lowest BCUT2D eigenvalue weighted by atomic mass is 9.67. The van der Waals surface area contributed by atoms with Crippen LogP contribution in [0.4, 0.5) is 0 Å². The summed E-state index contributed by atoms with van der Waals surface area (Å²) in [5.74, 6) is 1.48. The zero-order chi connectivity index (χ0) is 15.1. The summed E-state index contributed by atoms with van der Waals surface area (Å²) in [6.45, 7) is 4.12. The molecule has 21 heavy (non-hydrogen) atoms. The summed E-state index contributed by atoms with van der Waals surface area (Å²) in [5, 5.41) is 13.4. The number of aliphatic hydroxyl groups is 1. The SMILES string of the molecule is CCC1(CNCC(O)COc2cccc(OC)c2)CCC1. The second-order valence-electron chi connectivity index (χ2n) is 5.98. The molecule has 118 valence electrons. The fourth-order valence-corrected chi connectivity index (χ4v) is 2.78. The summed E-state index contributed by atoms with van der Waals surface area (Å²) in [6, 6.07) is 7.43. The standard InChI is InChI=1S/C17H27NO3/c1-3-17(8-5-9-17)13-18-11-14(19)12-21-16-7-4-6-15(10-16)20-2/h4,6-7,10,14,18-19H,3,5,8-9,11-13H2,1-2H3. The molecule has 2 rings (SSSR count). The highest BCUT2D eigenvalue weighted by atomic mass is 16.5. The van der Waals surface area contributed by atoms with Crippen molar-refractivity contribution in [3.63, 3.8) is 0 Å². The molecule has 0 heterocycles. The van der Waals surface area contributed by atoms with E-state index in [1.165, 1.54) is 25.7 Å². The largest absolute Gasteiger partial charge is 0.497 e. The third-order valence-electron chi connectivity index (χ3n) is 4.53. The van der Waals surface area contributed by atoms with Gasteiger partial charge in [-0.2, -0.15) is 0 Å². The zero-order valence-electron chi connectivity index (χ0n) is 13.1. The van der Waals surface area contributed by atoms with Gasteiger partial charge in [0, 0.05) is 19.2 Å². The molecule has 0 amide bonds. The first-order chi connectivity index (χ1) is 10.2. The minimum Gasteiger partial charge on any atom is -0.497 e. The van der Waals surface area contributed by atoms with E-state index < -0.39 is 6.10 Å². The minimum atomic E-state index is -0.495. The van der Waals surface area contributed by atoms with Crippen LogP contribution in [0.3, 0.4) is 0 Å². The first kappa shape index (κ1) is 16.1. The molecular weight excluding hydrogens is 266 g/mol. The van der Waals surface area contributed by atoms with E-state index >= 15 is 0 Å². The summed E-state index contributed by atoms with van der Waals surface area (Å²) in [5.41, 5.74) is 0.480. The highest BCUT2D eigenvalue weighted by Crippen LogP contribution is 2.42. The Morgan fingerprint density at radius 2 is 2.10 bits per heavy atom. The van der Waals surface area contributed by atoms with Crippen LogP contribution in [0.25, 0.3) is 0 Å². The van der Waals surface area contributed by atoms with Crippen LogP contribution in [0.15, 0.2) is 24.3 Å². The maximum atomic E-state index is 9.98. The van der Waals surface area contributed by atoms with Gasteiger partial charge in [0.2, 0.25) is 0 Å². The fourth-order valence-electron chi connectivity index (χ4n) is 2.78. The van der Waals surface area contributed by atoms with E-state index in [2.05, 4.69) is 12.2 Å². The van der Waals surface area contributed by atoms with Gasteiger partial charge in [0.15, 0.2) is 0 Å². The smallest absolute Gasteiger partial charge is 0.123 e. The topological polar surface area (TPSA) is 50.7 Å². The minimum absolute atomic E-state index is 0.291. The average Bonchev–Trinajstić information content (AvgIpc) is 2.48. The van der Waals surface area contributed by atoms with Crippen LogP contribution >= 0.6 is 0 Å². The van der Waals surface area contributed by atoms with Gasteiger partial charge >= 0.3 is 0 Å². The number of hydrogen-bond donors (Lipinski definition) is 2. The molecule has 1 aromatic rings. The number of hydrogen-bond acceptors (Lipinski definition) is 4. The molecule has 4 heteroatoms. The Morgan fingerprint density at radius 1 is 1.33 bits per heavy atom. The molecule has 1 fully saturated rings. The van der Waals surface area contributed by atoms with E-state index in [1.54, 1.807) is 7.11 Å². The third-order valence-corrected chi connectivity index (χ3v) is 4.53.